The summed E-state index contributed by atoms with van der Waals surface area (Å²) in [6, 6.07) is 7.03. The van der Waals surface area contributed by atoms with Crippen LogP contribution in [0.25, 0.3) is 0 Å². The predicted molar refractivity (Wildman–Crippen MR) is 82.8 cm³/mol. The topological polar surface area (TPSA) is 66.6 Å². The van der Waals surface area contributed by atoms with Crippen molar-refractivity contribution in [2.75, 3.05) is 23.1 Å². The molecule has 1 fully saturated rings. The molecular formula is C14H23N3O2S. The van der Waals surface area contributed by atoms with Gasteiger partial charge in [0.2, 0.25) is 0 Å². The van der Waals surface area contributed by atoms with Crippen molar-refractivity contribution in [3.63, 3.8) is 0 Å². The molecule has 1 heterocycles. The number of hydrogen-bond donors (Lipinski definition) is 1. The Morgan fingerprint density at radius 3 is 2.50 bits per heavy atom. The van der Waals surface area contributed by atoms with E-state index in [9.17, 15) is 8.42 Å². The van der Waals surface area contributed by atoms with Crippen LogP contribution in [-0.2, 0) is 10.2 Å². The Balaban J connectivity index is 2.31. The number of nitrogens with two attached hydrogens (primary N) is 1. The Morgan fingerprint density at radius 1 is 1.30 bits per heavy atom. The van der Waals surface area contributed by atoms with Crippen molar-refractivity contribution in [2.45, 2.75) is 39.2 Å². The SMILES string of the molecule is CCN(c1ccc(N)cc1)S(=O)(=O)N1CCCCC1C. The van der Waals surface area contributed by atoms with E-state index in [0.717, 1.165) is 19.3 Å². The first-order valence-electron chi connectivity index (χ1n) is 7.12. The number of rotatable bonds is 4. The number of nitrogen functional groups attached to an aromatic ring is 1. The van der Waals surface area contributed by atoms with Crippen molar-refractivity contribution in [1.82, 2.24) is 4.31 Å². The fourth-order valence-electron chi connectivity index (χ4n) is 2.66. The highest BCUT2D eigenvalue weighted by atomic mass is 32.2. The molecule has 112 valence electrons. The van der Waals surface area contributed by atoms with Crippen LogP contribution in [0.1, 0.15) is 33.1 Å². The van der Waals surface area contributed by atoms with Gasteiger partial charge in [0.1, 0.15) is 0 Å². The third kappa shape index (κ3) is 2.91. The van der Waals surface area contributed by atoms with Gasteiger partial charge in [0, 0.05) is 24.8 Å². The molecule has 1 aromatic carbocycles. The van der Waals surface area contributed by atoms with E-state index < -0.39 is 10.2 Å². The van der Waals surface area contributed by atoms with Gasteiger partial charge in [-0.15, -0.1) is 0 Å². The Hall–Kier alpha value is -1.27. The lowest BCUT2D eigenvalue weighted by molar-refractivity contribution is 0.268. The largest absolute Gasteiger partial charge is 0.399 e. The molecule has 0 amide bonds. The summed E-state index contributed by atoms with van der Waals surface area (Å²) in [6.07, 6.45) is 2.96. The number of piperidine rings is 1. The zero-order valence-electron chi connectivity index (χ0n) is 12.1. The minimum Gasteiger partial charge on any atom is -0.399 e. The van der Waals surface area contributed by atoms with E-state index in [0.29, 0.717) is 24.5 Å². The van der Waals surface area contributed by atoms with E-state index in [1.807, 2.05) is 13.8 Å². The zero-order chi connectivity index (χ0) is 14.8. The quantitative estimate of drug-likeness (QED) is 0.867. The fraction of sp³-hybridized carbons (Fsp3) is 0.571. The van der Waals surface area contributed by atoms with Gasteiger partial charge >= 0.3 is 10.2 Å². The highest BCUT2D eigenvalue weighted by Gasteiger charge is 2.33. The summed E-state index contributed by atoms with van der Waals surface area (Å²) < 4.78 is 28.7. The minimum absolute atomic E-state index is 0.0663. The third-order valence-corrected chi connectivity index (χ3v) is 5.95. The molecule has 1 saturated heterocycles. The van der Waals surface area contributed by atoms with Crippen LogP contribution in [0.15, 0.2) is 24.3 Å². The molecule has 20 heavy (non-hydrogen) atoms. The molecule has 1 aliphatic rings. The molecule has 0 aliphatic carbocycles. The molecule has 1 aromatic rings. The highest BCUT2D eigenvalue weighted by Crippen LogP contribution is 2.26. The van der Waals surface area contributed by atoms with E-state index in [-0.39, 0.29) is 6.04 Å². The molecule has 1 atom stereocenters. The molecule has 2 N–H and O–H groups in total. The van der Waals surface area contributed by atoms with Crippen LogP contribution in [-0.4, -0.2) is 31.9 Å². The zero-order valence-corrected chi connectivity index (χ0v) is 12.9. The summed E-state index contributed by atoms with van der Waals surface area (Å²) >= 11 is 0. The van der Waals surface area contributed by atoms with Crippen LogP contribution in [0.4, 0.5) is 11.4 Å². The summed E-state index contributed by atoms with van der Waals surface area (Å²) in [5.41, 5.74) is 6.96. The maximum absolute atomic E-state index is 12.8. The highest BCUT2D eigenvalue weighted by molar-refractivity contribution is 7.90. The molecule has 5 nitrogen and oxygen atoms in total. The maximum Gasteiger partial charge on any atom is 0.304 e. The second kappa shape index (κ2) is 6.01. The average molecular weight is 297 g/mol. The lowest BCUT2D eigenvalue weighted by Crippen LogP contribution is -2.49. The van der Waals surface area contributed by atoms with Crippen molar-refractivity contribution < 1.29 is 8.42 Å². The summed E-state index contributed by atoms with van der Waals surface area (Å²) in [7, 11) is -3.46. The molecule has 0 saturated carbocycles. The molecule has 0 aromatic heterocycles. The maximum atomic E-state index is 12.8. The number of anilines is 2. The smallest absolute Gasteiger partial charge is 0.304 e. The van der Waals surface area contributed by atoms with Crippen molar-refractivity contribution in [3.05, 3.63) is 24.3 Å². The number of hydrogen-bond acceptors (Lipinski definition) is 3. The Kier molecular flexibility index (Phi) is 4.55. The van der Waals surface area contributed by atoms with E-state index in [1.54, 1.807) is 28.6 Å². The lowest BCUT2D eigenvalue weighted by atomic mass is 10.1. The first-order valence-corrected chi connectivity index (χ1v) is 8.51. The molecule has 0 bridgehead atoms. The first kappa shape index (κ1) is 15.1. The molecule has 1 unspecified atom stereocenters. The number of benzene rings is 1. The summed E-state index contributed by atoms with van der Waals surface area (Å²) in [6.45, 7) is 4.85. The van der Waals surface area contributed by atoms with Crippen molar-refractivity contribution in [1.29, 1.82) is 0 Å². The van der Waals surface area contributed by atoms with Crippen LogP contribution in [0, 0.1) is 0 Å². The third-order valence-electron chi connectivity index (χ3n) is 3.79. The standard InChI is InChI=1S/C14H23N3O2S/c1-3-16(14-9-7-13(15)8-10-14)20(18,19)17-11-5-4-6-12(17)2/h7-10,12H,3-6,11,15H2,1-2H3. The van der Waals surface area contributed by atoms with Crippen LogP contribution in [0.5, 0.6) is 0 Å². The fourth-order valence-corrected chi connectivity index (χ4v) is 4.55. The molecule has 0 radical (unpaired) electrons. The van der Waals surface area contributed by atoms with Gasteiger partial charge in [-0.05, 0) is 51.0 Å². The monoisotopic (exact) mass is 297 g/mol. The van der Waals surface area contributed by atoms with Crippen LogP contribution >= 0.6 is 0 Å². The van der Waals surface area contributed by atoms with Crippen molar-refractivity contribution in [2.24, 2.45) is 0 Å². The molecule has 2 rings (SSSR count). The van der Waals surface area contributed by atoms with Crippen molar-refractivity contribution >= 4 is 21.6 Å². The second-order valence-electron chi connectivity index (χ2n) is 5.22. The molecule has 1 aliphatic heterocycles. The average Bonchev–Trinajstić information content (AvgIpc) is 2.42. The van der Waals surface area contributed by atoms with E-state index in [2.05, 4.69) is 0 Å². The normalized spacial score (nSPS) is 20.8. The van der Waals surface area contributed by atoms with Gasteiger partial charge in [0.05, 0.1) is 5.69 Å². The van der Waals surface area contributed by atoms with Gasteiger partial charge in [-0.2, -0.15) is 12.7 Å². The second-order valence-corrected chi connectivity index (χ2v) is 7.03. The van der Waals surface area contributed by atoms with E-state index >= 15 is 0 Å². The molecular weight excluding hydrogens is 274 g/mol. The van der Waals surface area contributed by atoms with Crippen LogP contribution < -0.4 is 10.0 Å². The summed E-state index contributed by atoms with van der Waals surface area (Å²) in [5, 5.41) is 0. The Labute approximate surface area is 121 Å². The molecule has 6 heteroatoms. The van der Waals surface area contributed by atoms with Gasteiger partial charge in [-0.25, -0.2) is 0 Å². The van der Waals surface area contributed by atoms with Gasteiger partial charge in [-0.3, -0.25) is 4.31 Å². The van der Waals surface area contributed by atoms with Crippen LogP contribution in [0.3, 0.4) is 0 Å². The minimum atomic E-state index is -3.46. The number of nitrogens with zero attached hydrogens (tertiary/aromatic N) is 2. The van der Waals surface area contributed by atoms with Gasteiger partial charge < -0.3 is 5.73 Å². The summed E-state index contributed by atoms with van der Waals surface area (Å²) in [5.74, 6) is 0. The predicted octanol–water partition coefficient (Wildman–Crippen LogP) is 2.21. The van der Waals surface area contributed by atoms with E-state index in [1.165, 1.54) is 4.31 Å². The van der Waals surface area contributed by atoms with Gasteiger partial charge in [-0.1, -0.05) is 6.42 Å². The van der Waals surface area contributed by atoms with Gasteiger partial charge in [0.25, 0.3) is 0 Å². The first-order chi connectivity index (χ1) is 9.46. The summed E-state index contributed by atoms with van der Waals surface area (Å²) in [4.78, 5) is 0. The lowest BCUT2D eigenvalue weighted by Gasteiger charge is -2.36. The Bertz CT molecular complexity index is 542. The van der Waals surface area contributed by atoms with E-state index in [4.69, 9.17) is 5.73 Å². The van der Waals surface area contributed by atoms with Crippen LogP contribution in [0.2, 0.25) is 0 Å². The van der Waals surface area contributed by atoms with Gasteiger partial charge in [0.15, 0.2) is 0 Å². The molecule has 0 spiro atoms. The Morgan fingerprint density at radius 2 is 1.95 bits per heavy atom. The van der Waals surface area contributed by atoms with Crippen molar-refractivity contribution in [3.8, 4) is 0 Å².